The molecule has 2 nitrogen and oxygen atoms in total. The Morgan fingerprint density at radius 1 is 1.32 bits per heavy atom. The number of rotatable bonds is 5. The highest BCUT2D eigenvalue weighted by molar-refractivity contribution is 5.27. The Labute approximate surface area is 117 Å². The Hall–Kier alpha value is -1.02. The molecule has 1 aromatic carbocycles. The molecule has 3 atom stereocenters. The third-order valence-corrected chi connectivity index (χ3v) is 4.31. The predicted molar refractivity (Wildman–Crippen MR) is 80.4 cm³/mol. The standard InChI is InChI=1S/C17H27NO/c1-3-5-14-8-9-15(12-18)17(11-14)19-16-7-4-6-13(2)10-16/h4,6-7,10,14-15,17H,3,5,8-9,11-12,18H2,1-2H3. The number of hydrogen-bond donors (Lipinski definition) is 1. The first-order chi connectivity index (χ1) is 9.22. The highest BCUT2D eigenvalue weighted by Gasteiger charge is 2.30. The summed E-state index contributed by atoms with van der Waals surface area (Å²) in [6, 6.07) is 8.35. The minimum absolute atomic E-state index is 0.303. The van der Waals surface area contributed by atoms with Crippen molar-refractivity contribution in [3.05, 3.63) is 29.8 Å². The lowest BCUT2D eigenvalue weighted by atomic mass is 9.78. The van der Waals surface area contributed by atoms with Crippen LogP contribution in [0.15, 0.2) is 24.3 Å². The molecule has 106 valence electrons. The minimum Gasteiger partial charge on any atom is -0.490 e. The van der Waals surface area contributed by atoms with Crippen molar-refractivity contribution in [2.24, 2.45) is 17.6 Å². The third kappa shape index (κ3) is 3.97. The van der Waals surface area contributed by atoms with Crippen LogP contribution in [0, 0.1) is 18.8 Å². The summed E-state index contributed by atoms with van der Waals surface area (Å²) in [6.45, 7) is 5.12. The molecule has 3 unspecified atom stereocenters. The van der Waals surface area contributed by atoms with E-state index in [9.17, 15) is 0 Å². The van der Waals surface area contributed by atoms with Crippen molar-refractivity contribution in [1.29, 1.82) is 0 Å². The monoisotopic (exact) mass is 261 g/mol. The molecule has 1 aliphatic carbocycles. The van der Waals surface area contributed by atoms with Crippen molar-refractivity contribution in [2.75, 3.05) is 6.54 Å². The van der Waals surface area contributed by atoms with Crippen LogP contribution in [0.2, 0.25) is 0 Å². The molecule has 0 spiro atoms. The Morgan fingerprint density at radius 3 is 2.84 bits per heavy atom. The number of hydrogen-bond acceptors (Lipinski definition) is 2. The van der Waals surface area contributed by atoms with Crippen molar-refractivity contribution in [3.63, 3.8) is 0 Å². The fourth-order valence-corrected chi connectivity index (χ4v) is 3.22. The molecule has 0 aliphatic heterocycles. The van der Waals surface area contributed by atoms with Gasteiger partial charge in [0.05, 0.1) is 0 Å². The quantitative estimate of drug-likeness (QED) is 0.872. The van der Waals surface area contributed by atoms with Crippen molar-refractivity contribution in [1.82, 2.24) is 0 Å². The highest BCUT2D eigenvalue weighted by Crippen LogP contribution is 2.34. The van der Waals surface area contributed by atoms with Gasteiger partial charge in [-0.3, -0.25) is 0 Å². The molecule has 2 rings (SSSR count). The van der Waals surface area contributed by atoms with Crippen LogP contribution in [0.4, 0.5) is 0 Å². The predicted octanol–water partition coefficient (Wildman–Crippen LogP) is 3.92. The van der Waals surface area contributed by atoms with Crippen LogP contribution in [0.25, 0.3) is 0 Å². The van der Waals surface area contributed by atoms with E-state index in [1.165, 1.54) is 37.7 Å². The summed E-state index contributed by atoms with van der Waals surface area (Å²) < 4.78 is 6.24. The van der Waals surface area contributed by atoms with Crippen molar-refractivity contribution >= 4 is 0 Å². The number of nitrogens with two attached hydrogens (primary N) is 1. The summed E-state index contributed by atoms with van der Waals surface area (Å²) in [7, 11) is 0. The maximum Gasteiger partial charge on any atom is 0.119 e. The van der Waals surface area contributed by atoms with E-state index in [4.69, 9.17) is 10.5 Å². The molecule has 1 saturated carbocycles. The van der Waals surface area contributed by atoms with Crippen LogP contribution in [0.5, 0.6) is 5.75 Å². The van der Waals surface area contributed by atoms with E-state index in [2.05, 4.69) is 38.1 Å². The SMILES string of the molecule is CCCC1CCC(CN)C(Oc2cccc(C)c2)C1. The van der Waals surface area contributed by atoms with E-state index >= 15 is 0 Å². The normalized spacial score (nSPS) is 27.2. The zero-order chi connectivity index (χ0) is 13.7. The summed E-state index contributed by atoms with van der Waals surface area (Å²) in [6.07, 6.45) is 6.61. The first-order valence-electron chi connectivity index (χ1n) is 7.66. The lowest BCUT2D eigenvalue weighted by Gasteiger charge is -2.35. The van der Waals surface area contributed by atoms with Crippen LogP contribution >= 0.6 is 0 Å². The van der Waals surface area contributed by atoms with Crippen molar-refractivity contribution in [2.45, 2.75) is 52.1 Å². The molecule has 0 amide bonds. The summed E-state index contributed by atoms with van der Waals surface area (Å²) in [5.41, 5.74) is 7.17. The lowest BCUT2D eigenvalue weighted by Crippen LogP contribution is -2.38. The summed E-state index contributed by atoms with van der Waals surface area (Å²) in [5, 5.41) is 0. The van der Waals surface area contributed by atoms with Crippen LogP contribution in [0.1, 0.15) is 44.6 Å². The van der Waals surface area contributed by atoms with E-state index in [0.29, 0.717) is 12.0 Å². The molecule has 1 aliphatic rings. The Kier molecular flexibility index (Phi) is 5.26. The first-order valence-corrected chi connectivity index (χ1v) is 7.66. The molecule has 0 aromatic heterocycles. The van der Waals surface area contributed by atoms with Crippen molar-refractivity contribution in [3.8, 4) is 5.75 Å². The van der Waals surface area contributed by atoms with Crippen LogP contribution < -0.4 is 10.5 Å². The Balaban J connectivity index is 2.01. The first kappa shape index (κ1) is 14.4. The molecule has 1 fully saturated rings. The van der Waals surface area contributed by atoms with Gasteiger partial charge in [-0.1, -0.05) is 31.9 Å². The maximum absolute atomic E-state index is 6.24. The van der Waals surface area contributed by atoms with Gasteiger partial charge < -0.3 is 10.5 Å². The summed E-state index contributed by atoms with van der Waals surface area (Å²) >= 11 is 0. The molecule has 0 bridgehead atoms. The topological polar surface area (TPSA) is 35.2 Å². The molecular weight excluding hydrogens is 234 g/mol. The van der Waals surface area contributed by atoms with Gasteiger partial charge in [-0.2, -0.15) is 0 Å². The summed E-state index contributed by atoms with van der Waals surface area (Å²) in [4.78, 5) is 0. The van der Waals surface area contributed by atoms with Crippen LogP contribution in [-0.4, -0.2) is 12.6 Å². The van der Waals surface area contributed by atoms with Gasteiger partial charge in [0.25, 0.3) is 0 Å². The smallest absolute Gasteiger partial charge is 0.119 e. The van der Waals surface area contributed by atoms with Gasteiger partial charge >= 0.3 is 0 Å². The number of benzene rings is 1. The minimum atomic E-state index is 0.303. The maximum atomic E-state index is 6.24. The van der Waals surface area contributed by atoms with Gasteiger partial charge in [0.2, 0.25) is 0 Å². The van der Waals surface area contributed by atoms with E-state index in [1.54, 1.807) is 0 Å². The van der Waals surface area contributed by atoms with Crippen LogP contribution in [0.3, 0.4) is 0 Å². The van der Waals surface area contributed by atoms with Gasteiger partial charge in [-0.15, -0.1) is 0 Å². The molecule has 0 heterocycles. The highest BCUT2D eigenvalue weighted by atomic mass is 16.5. The molecule has 1 aromatic rings. The molecule has 2 N–H and O–H groups in total. The van der Waals surface area contributed by atoms with Gasteiger partial charge in [-0.25, -0.2) is 0 Å². The molecule has 19 heavy (non-hydrogen) atoms. The molecule has 0 saturated heterocycles. The summed E-state index contributed by atoms with van der Waals surface area (Å²) in [5.74, 6) is 2.34. The largest absolute Gasteiger partial charge is 0.490 e. The second kappa shape index (κ2) is 6.95. The Morgan fingerprint density at radius 2 is 2.16 bits per heavy atom. The second-order valence-electron chi connectivity index (χ2n) is 5.94. The van der Waals surface area contributed by atoms with E-state index in [1.807, 2.05) is 0 Å². The van der Waals surface area contributed by atoms with E-state index < -0.39 is 0 Å². The third-order valence-electron chi connectivity index (χ3n) is 4.31. The molecular formula is C17H27NO. The fraction of sp³-hybridized carbons (Fsp3) is 0.647. The van der Waals surface area contributed by atoms with Crippen LogP contribution in [-0.2, 0) is 0 Å². The average molecular weight is 261 g/mol. The van der Waals surface area contributed by atoms with E-state index in [0.717, 1.165) is 18.2 Å². The number of aryl methyl sites for hydroxylation is 1. The number of ether oxygens (including phenoxy) is 1. The zero-order valence-corrected chi connectivity index (χ0v) is 12.3. The second-order valence-corrected chi connectivity index (χ2v) is 5.94. The zero-order valence-electron chi connectivity index (χ0n) is 12.3. The van der Waals surface area contributed by atoms with Gasteiger partial charge in [-0.05, 0) is 56.3 Å². The Bertz CT molecular complexity index is 391. The molecule has 2 heteroatoms. The van der Waals surface area contributed by atoms with Gasteiger partial charge in [0.1, 0.15) is 11.9 Å². The lowest BCUT2D eigenvalue weighted by molar-refractivity contribution is 0.0668. The fourth-order valence-electron chi connectivity index (χ4n) is 3.22. The van der Waals surface area contributed by atoms with E-state index in [-0.39, 0.29) is 0 Å². The average Bonchev–Trinajstić information content (AvgIpc) is 2.39. The molecule has 0 radical (unpaired) electrons. The van der Waals surface area contributed by atoms with Gasteiger partial charge in [0, 0.05) is 5.92 Å². The van der Waals surface area contributed by atoms with Gasteiger partial charge in [0.15, 0.2) is 0 Å². The van der Waals surface area contributed by atoms with Crippen molar-refractivity contribution < 1.29 is 4.74 Å².